The van der Waals surface area contributed by atoms with Crippen molar-refractivity contribution in [2.75, 3.05) is 13.7 Å². The lowest BCUT2D eigenvalue weighted by Crippen LogP contribution is -2.23. The van der Waals surface area contributed by atoms with Gasteiger partial charge < -0.3 is 10.1 Å². The van der Waals surface area contributed by atoms with Crippen molar-refractivity contribution >= 4 is 0 Å². The summed E-state index contributed by atoms with van der Waals surface area (Å²) in [7, 11) is 3.62. The van der Waals surface area contributed by atoms with Gasteiger partial charge in [-0.2, -0.15) is 5.10 Å². The summed E-state index contributed by atoms with van der Waals surface area (Å²) in [5.41, 5.74) is 2.22. The molecule has 4 nitrogen and oxygen atoms in total. The molecule has 100 valence electrons. The van der Waals surface area contributed by atoms with Crippen molar-refractivity contribution in [3.63, 3.8) is 0 Å². The second-order valence-electron chi connectivity index (χ2n) is 4.98. The highest BCUT2D eigenvalue weighted by Gasteiger charge is 2.14. The number of rotatable bonds is 5. The van der Waals surface area contributed by atoms with Crippen molar-refractivity contribution in [1.29, 1.82) is 0 Å². The molecule has 1 aliphatic rings. The monoisotopic (exact) mass is 249 g/mol. The summed E-state index contributed by atoms with van der Waals surface area (Å²) >= 11 is 0. The van der Waals surface area contributed by atoms with Crippen LogP contribution in [0.4, 0.5) is 0 Å². The quantitative estimate of drug-likeness (QED) is 0.813. The van der Waals surface area contributed by atoms with Crippen molar-refractivity contribution in [3.05, 3.63) is 23.4 Å². The first-order valence-electron chi connectivity index (χ1n) is 6.64. The molecule has 2 rings (SSSR count). The number of hydrogen-bond donors (Lipinski definition) is 1. The van der Waals surface area contributed by atoms with Crippen LogP contribution in [0.25, 0.3) is 0 Å². The van der Waals surface area contributed by atoms with Crippen LogP contribution < -0.4 is 10.1 Å². The number of methoxy groups -OCH3 is 1. The molecular weight excluding hydrogens is 226 g/mol. The Labute approximate surface area is 109 Å². The third-order valence-electron chi connectivity index (χ3n) is 3.59. The SMILES string of the molecule is COc1c(CNCC2CC=CCC2)c(C)nn1C. The van der Waals surface area contributed by atoms with Crippen LogP contribution in [-0.4, -0.2) is 23.4 Å². The van der Waals surface area contributed by atoms with Crippen molar-refractivity contribution in [1.82, 2.24) is 15.1 Å². The number of aryl methyl sites for hydroxylation is 2. The maximum absolute atomic E-state index is 5.39. The Kier molecular flexibility index (Phi) is 4.42. The van der Waals surface area contributed by atoms with E-state index >= 15 is 0 Å². The summed E-state index contributed by atoms with van der Waals surface area (Å²) in [6, 6.07) is 0. The fourth-order valence-corrected chi connectivity index (χ4v) is 2.58. The van der Waals surface area contributed by atoms with Crippen LogP contribution in [0.15, 0.2) is 12.2 Å². The number of nitrogens with one attached hydrogen (secondary N) is 1. The highest BCUT2D eigenvalue weighted by Crippen LogP contribution is 2.21. The van der Waals surface area contributed by atoms with Gasteiger partial charge >= 0.3 is 0 Å². The minimum absolute atomic E-state index is 0.776. The van der Waals surface area contributed by atoms with Crippen LogP contribution in [0.3, 0.4) is 0 Å². The molecule has 1 heterocycles. The Bertz CT molecular complexity index is 423. The molecule has 1 aliphatic carbocycles. The fourth-order valence-electron chi connectivity index (χ4n) is 2.58. The Morgan fingerprint density at radius 1 is 1.50 bits per heavy atom. The van der Waals surface area contributed by atoms with E-state index in [1.54, 1.807) is 11.8 Å². The molecule has 0 spiro atoms. The average molecular weight is 249 g/mol. The van der Waals surface area contributed by atoms with Crippen molar-refractivity contribution in [2.24, 2.45) is 13.0 Å². The molecule has 0 bridgehead atoms. The first kappa shape index (κ1) is 13.1. The summed E-state index contributed by atoms with van der Waals surface area (Å²) < 4.78 is 7.19. The Morgan fingerprint density at radius 2 is 2.33 bits per heavy atom. The zero-order valence-electron chi connectivity index (χ0n) is 11.6. The standard InChI is InChI=1S/C14H23N3O/c1-11-13(14(18-3)17(2)16-11)10-15-9-12-7-5-4-6-8-12/h4-5,12,15H,6-10H2,1-3H3. The van der Waals surface area contributed by atoms with E-state index in [4.69, 9.17) is 4.74 Å². The molecule has 0 saturated carbocycles. The van der Waals surface area contributed by atoms with Gasteiger partial charge in [0.1, 0.15) is 0 Å². The second-order valence-corrected chi connectivity index (χ2v) is 4.98. The minimum Gasteiger partial charge on any atom is -0.481 e. The molecule has 1 N–H and O–H groups in total. The number of ether oxygens (including phenoxy) is 1. The molecule has 1 aromatic rings. The third kappa shape index (κ3) is 2.93. The van der Waals surface area contributed by atoms with Crippen LogP contribution in [0.2, 0.25) is 0 Å². The Balaban J connectivity index is 1.88. The van der Waals surface area contributed by atoms with Crippen LogP contribution in [0, 0.1) is 12.8 Å². The van der Waals surface area contributed by atoms with Crippen molar-refractivity contribution in [3.8, 4) is 5.88 Å². The van der Waals surface area contributed by atoms with E-state index in [1.165, 1.54) is 24.8 Å². The predicted octanol–water partition coefficient (Wildman–Crippen LogP) is 2.18. The summed E-state index contributed by atoms with van der Waals surface area (Å²) in [5.74, 6) is 1.64. The van der Waals surface area contributed by atoms with E-state index in [9.17, 15) is 0 Å². The van der Waals surface area contributed by atoms with Gasteiger partial charge in [-0.1, -0.05) is 12.2 Å². The van der Waals surface area contributed by atoms with Crippen LogP contribution >= 0.6 is 0 Å². The highest BCUT2D eigenvalue weighted by molar-refractivity contribution is 5.30. The first-order valence-corrected chi connectivity index (χ1v) is 6.64. The van der Waals surface area contributed by atoms with Gasteiger partial charge in [0.2, 0.25) is 5.88 Å². The van der Waals surface area contributed by atoms with E-state index in [0.717, 1.165) is 30.6 Å². The second kappa shape index (κ2) is 6.05. The number of nitrogens with zero attached hydrogens (tertiary/aromatic N) is 2. The number of hydrogen-bond acceptors (Lipinski definition) is 3. The van der Waals surface area contributed by atoms with Gasteiger partial charge in [-0.25, -0.2) is 4.68 Å². The summed E-state index contributed by atoms with van der Waals surface area (Å²) in [5, 5.41) is 7.92. The number of aromatic nitrogens is 2. The first-order chi connectivity index (χ1) is 8.72. The molecule has 0 aliphatic heterocycles. The molecule has 1 atom stereocenters. The van der Waals surface area contributed by atoms with Gasteiger partial charge in [0, 0.05) is 13.6 Å². The van der Waals surface area contributed by atoms with Crippen molar-refractivity contribution < 1.29 is 4.74 Å². The molecule has 0 radical (unpaired) electrons. The van der Waals surface area contributed by atoms with Gasteiger partial charge in [-0.3, -0.25) is 0 Å². The van der Waals surface area contributed by atoms with Crippen LogP contribution in [0.5, 0.6) is 5.88 Å². The van der Waals surface area contributed by atoms with Gasteiger partial charge in [0.25, 0.3) is 0 Å². The van der Waals surface area contributed by atoms with E-state index in [0.29, 0.717) is 0 Å². The van der Waals surface area contributed by atoms with Gasteiger partial charge in [-0.05, 0) is 38.6 Å². The maximum atomic E-state index is 5.39. The highest BCUT2D eigenvalue weighted by atomic mass is 16.5. The lowest BCUT2D eigenvalue weighted by molar-refractivity contribution is 0.366. The van der Waals surface area contributed by atoms with Crippen LogP contribution in [0.1, 0.15) is 30.5 Å². The average Bonchev–Trinajstić information content (AvgIpc) is 2.65. The van der Waals surface area contributed by atoms with Gasteiger partial charge in [-0.15, -0.1) is 0 Å². The summed E-state index contributed by atoms with van der Waals surface area (Å²) in [6.07, 6.45) is 8.31. The zero-order chi connectivity index (χ0) is 13.0. The maximum Gasteiger partial charge on any atom is 0.216 e. The summed E-state index contributed by atoms with van der Waals surface area (Å²) in [4.78, 5) is 0. The minimum atomic E-state index is 0.776. The predicted molar refractivity (Wildman–Crippen MR) is 72.7 cm³/mol. The van der Waals surface area contributed by atoms with E-state index in [-0.39, 0.29) is 0 Å². The molecule has 18 heavy (non-hydrogen) atoms. The molecule has 0 aromatic carbocycles. The molecular formula is C14H23N3O. The Hall–Kier alpha value is -1.29. The molecule has 0 amide bonds. The zero-order valence-corrected chi connectivity index (χ0v) is 11.6. The smallest absolute Gasteiger partial charge is 0.216 e. The Morgan fingerprint density at radius 3 is 3.00 bits per heavy atom. The largest absolute Gasteiger partial charge is 0.481 e. The molecule has 0 fully saturated rings. The van der Waals surface area contributed by atoms with E-state index in [1.807, 2.05) is 14.0 Å². The lowest BCUT2D eigenvalue weighted by Gasteiger charge is -2.18. The third-order valence-corrected chi connectivity index (χ3v) is 3.59. The van der Waals surface area contributed by atoms with E-state index < -0.39 is 0 Å². The lowest BCUT2D eigenvalue weighted by atomic mass is 9.94. The molecule has 0 saturated heterocycles. The fraction of sp³-hybridized carbons (Fsp3) is 0.643. The molecule has 4 heteroatoms. The van der Waals surface area contributed by atoms with Gasteiger partial charge in [0.15, 0.2) is 0 Å². The molecule has 1 aromatic heterocycles. The van der Waals surface area contributed by atoms with Gasteiger partial charge in [0.05, 0.1) is 18.4 Å². The topological polar surface area (TPSA) is 39.1 Å². The summed E-state index contributed by atoms with van der Waals surface area (Å²) in [6.45, 7) is 3.94. The van der Waals surface area contributed by atoms with Crippen molar-refractivity contribution in [2.45, 2.75) is 32.7 Å². The normalized spacial score (nSPS) is 19.2. The number of allylic oxidation sites excluding steroid dienone is 2. The van der Waals surface area contributed by atoms with Crippen LogP contribution in [-0.2, 0) is 13.6 Å². The van der Waals surface area contributed by atoms with E-state index in [2.05, 4.69) is 22.6 Å². The molecule has 1 unspecified atom stereocenters.